The van der Waals surface area contributed by atoms with Crippen LogP contribution in [0.1, 0.15) is 44.9 Å². The molecule has 0 bridgehead atoms. The summed E-state index contributed by atoms with van der Waals surface area (Å²) in [6, 6.07) is -0.118. The maximum absolute atomic E-state index is 12.4. The summed E-state index contributed by atoms with van der Waals surface area (Å²) in [5.41, 5.74) is 5.49. The topological polar surface area (TPSA) is 108 Å². The highest BCUT2D eigenvalue weighted by Crippen LogP contribution is 2.35. The van der Waals surface area contributed by atoms with Crippen LogP contribution in [0.3, 0.4) is 0 Å². The molecule has 25 heavy (non-hydrogen) atoms. The molecule has 0 radical (unpaired) electrons. The Morgan fingerprint density at radius 1 is 1.12 bits per heavy atom. The first-order valence-corrected chi connectivity index (χ1v) is 9.58. The second-order valence-corrected chi connectivity index (χ2v) is 7.99. The minimum Gasteiger partial charge on any atom is -0.550 e. The molecule has 2 aliphatic heterocycles. The molecule has 3 N–H and O–H groups in total. The summed E-state index contributed by atoms with van der Waals surface area (Å²) >= 11 is 0. The number of carbonyl (C=O) groups excluding carboxylic acids is 3. The second-order valence-electron chi connectivity index (χ2n) is 7.99. The molecule has 140 valence electrons. The zero-order valence-corrected chi connectivity index (χ0v) is 14.7. The predicted octanol–water partition coefficient (Wildman–Crippen LogP) is -2.08. The first-order valence-electron chi connectivity index (χ1n) is 9.58. The van der Waals surface area contributed by atoms with Gasteiger partial charge in [-0.3, -0.25) is 9.59 Å². The van der Waals surface area contributed by atoms with E-state index in [4.69, 9.17) is 5.73 Å². The maximum atomic E-state index is 12.4. The number of likely N-dealkylation sites (tertiary alicyclic amines) is 2. The Bertz CT molecular complexity index is 534. The number of carboxylic acids is 1. The van der Waals surface area contributed by atoms with E-state index in [2.05, 4.69) is 0 Å². The number of nitrogens with zero attached hydrogens (tertiary/aromatic N) is 1. The van der Waals surface area contributed by atoms with Crippen LogP contribution >= 0.6 is 0 Å². The summed E-state index contributed by atoms with van der Waals surface area (Å²) in [5, 5.41) is 11.1. The highest BCUT2D eigenvalue weighted by atomic mass is 16.4. The van der Waals surface area contributed by atoms with Crippen LogP contribution in [0.2, 0.25) is 0 Å². The molecular formula is C18H29N3O4. The number of nitrogens with one attached hydrogen (secondary N) is 1. The Hall–Kier alpha value is -1.63. The van der Waals surface area contributed by atoms with E-state index < -0.39 is 5.97 Å². The standard InChI is InChI=1S/C18H29N3O4/c19-17(24)15-2-1-7-20(15)8-6-14-11-21(18(25)12-3-4-12)9-5-13(14)10-16(22)23/h12-15H,1-11H2,(H2,19,24)(H,22,23)/t13-,14-,15-/m0/s1. The Morgan fingerprint density at radius 3 is 2.52 bits per heavy atom. The van der Waals surface area contributed by atoms with Gasteiger partial charge in [0.2, 0.25) is 5.91 Å². The lowest BCUT2D eigenvalue weighted by molar-refractivity contribution is -0.903. The number of hydrogen-bond acceptors (Lipinski definition) is 4. The quantitative estimate of drug-likeness (QED) is 0.549. The normalized spacial score (nSPS) is 32.6. The van der Waals surface area contributed by atoms with Crippen LogP contribution in [-0.4, -0.2) is 54.9 Å². The maximum Gasteiger partial charge on any atom is 0.275 e. The molecule has 2 amide bonds. The molecule has 2 saturated heterocycles. The van der Waals surface area contributed by atoms with E-state index >= 15 is 0 Å². The van der Waals surface area contributed by atoms with Crippen LogP contribution in [0.5, 0.6) is 0 Å². The zero-order chi connectivity index (χ0) is 18.0. The summed E-state index contributed by atoms with van der Waals surface area (Å²) in [5.74, 6) is -0.603. The number of primary amides is 1. The van der Waals surface area contributed by atoms with Gasteiger partial charge in [0.15, 0.2) is 6.04 Å². The average Bonchev–Trinajstić information content (AvgIpc) is 3.30. The number of quaternary nitrogens is 1. The van der Waals surface area contributed by atoms with Crippen molar-refractivity contribution in [2.24, 2.45) is 23.5 Å². The fraction of sp³-hybridized carbons (Fsp3) is 0.833. The largest absolute Gasteiger partial charge is 0.550 e. The number of hydrogen-bond donors (Lipinski definition) is 2. The Morgan fingerprint density at radius 2 is 1.88 bits per heavy atom. The summed E-state index contributed by atoms with van der Waals surface area (Å²) in [6.07, 6.45) is 5.43. The van der Waals surface area contributed by atoms with E-state index in [1.54, 1.807) is 0 Å². The van der Waals surface area contributed by atoms with Crippen LogP contribution < -0.4 is 15.7 Å². The highest BCUT2D eigenvalue weighted by molar-refractivity contribution is 5.81. The highest BCUT2D eigenvalue weighted by Gasteiger charge is 2.39. The van der Waals surface area contributed by atoms with Crippen LogP contribution in [0.15, 0.2) is 0 Å². The smallest absolute Gasteiger partial charge is 0.275 e. The third-order valence-corrected chi connectivity index (χ3v) is 6.22. The molecule has 2 heterocycles. The number of piperidine rings is 1. The van der Waals surface area contributed by atoms with Crippen LogP contribution in [0.4, 0.5) is 0 Å². The Balaban J connectivity index is 1.59. The van der Waals surface area contributed by atoms with Gasteiger partial charge in [-0.15, -0.1) is 0 Å². The van der Waals surface area contributed by atoms with Crippen molar-refractivity contribution in [3.8, 4) is 0 Å². The van der Waals surface area contributed by atoms with Crippen molar-refractivity contribution in [1.29, 1.82) is 0 Å². The molecule has 4 atom stereocenters. The molecule has 1 aliphatic carbocycles. The first-order chi connectivity index (χ1) is 12.0. The summed E-state index contributed by atoms with van der Waals surface area (Å²) in [6.45, 7) is 3.05. The van der Waals surface area contributed by atoms with Gasteiger partial charge in [0.1, 0.15) is 0 Å². The Kier molecular flexibility index (Phi) is 5.61. The molecule has 0 aromatic heterocycles. The third kappa shape index (κ3) is 4.51. The van der Waals surface area contributed by atoms with E-state index in [0.717, 1.165) is 51.6 Å². The number of carboxylic acid groups (broad SMARTS) is 1. The van der Waals surface area contributed by atoms with Gasteiger partial charge in [-0.1, -0.05) is 0 Å². The minimum absolute atomic E-state index is 0.0577. The van der Waals surface area contributed by atoms with Crippen molar-refractivity contribution in [2.45, 2.75) is 51.0 Å². The fourth-order valence-electron chi connectivity index (χ4n) is 4.60. The van der Waals surface area contributed by atoms with Crippen molar-refractivity contribution in [3.63, 3.8) is 0 Å². The minimum atomic E-state index is -1.01. The van der Waals surface area contributed by atoms with Gasteiger partial charge in [0, 0.05) is 44.2 Å². The van der Waals surface area contributed by atoms with Gasteiger partial charge in [-0.05, 0) is 37.5 Å². The SMILES string of the molecule is NC(=O)[C@@H]1CCC[NH+]1CC[C@H]1CN(C(=O)C2CC2)CC[C@H]1CC(=O)[O-]. The molecule has 7 nitrogen and oxygen atoms in total. The summed E-state index contributed by atoms with van der Waals surface area (Å²) in [4.78, 5) is 38.2. The number of nitrogens with two attached hydrogens (primary N) is 1. The lowest BCUT2D eigenvalue weighted by atomic mass is 9.81. The lowest BCUT2D eigenvalue weighted by Gasteiger charge is -2.39. The Labute approximate surface area is 148 Å². The number of amides is 2. The van der Waals surface area contributed by atoms with Crippen LogP contribution in [0.25, 0.3) is 0 Å². The second kappa shape index (κ2) is 7.72. The van der Waals surface area contributed by atoms with E-state index in [-0.39, 0.29) is 42.0 Å². The molecule has 3 aliphatic rings. The third-order valence-electron chi connectivity index (χ3n) is 6.22. The van der Waals surface area contributed by atoms with E-state index in [1.807, 2.05) is 4.90 Å². The van der Waals surface area contributed by atoms with Gasteiger partial charge >= 0.3 is 0 Å². The molecule has 3 fully saturated rings. The number of aliphatic carboxylic acids is 1. The van der Waals surface area contributed by atoms with Crippen molar-refractivity contribution >= 4 is 17.8 Å². The van der Waals surface area contributed by atoms with Gasteiger partial charge in [-0.25, -0.2) is 0 Å². The molecule has 1 saturated carbocycles. The predicted molar refractivity (Wildman–Crippen MR) is 88.1 cm³/mol. The zero-order valence-electron chi connectivity index (χ0n) is 14.7. The van der Waals surface area contributed by atoms with Gasteiger partial charge in [0.25, 0.3) is 5.91 Å². The molecule has 0 aromatic rings. The molecular weight excluding hydrogens is 322 g/mol. The number of rotatable bonds is 7. The van der Waals surface area contributed by atoms with Crippen molar-refractivity contribution in [2.75, 3.05) is 26.2 Å². The monoisotopic (exact) mass is 351 g/mol. The average molecular weight is 351 g/mol. The summed E-state index contributed by atoms with van der Waals surface area (Å²) in [7, 11) is 0. The molecule has 1 unspecified atom stereocenters. The molecule has 0 spiro atoms. The van der Waals surface area contributed by atoms with Gasteiger partial charge in [0.05, 0.1) is 13.1 Å². The molecule has 0 aromatic carbocycles. The van der Waals surface area contributed by atoms with Crippen LogP contribution in [0, 0.1) is 17.8 Å². The summed E-state index contributed by atoms with van der Waals surface area (Å²) < 4.78 is 0. The van der Waals surface area contributed by atoms with E-state index in [1.165, 1.54) is 4.90 Å². The van der Waals surface area contributed by atoms with Crippen molar-refractivity contribution in [3.05, 3.63) is 0 Å². The van der Waals surface area contributed by atoms with Crippen LogP contribution in [-0.2, 0) is 14.4 Å². The van der Waals surface area contributed by atoms with Crippen molar-refractivity contribution in [1.82, 2.24) is 4.90 Å². The molecule has 3 rings (SSSR count). The van der Waals surface area contributed by atoms with E-state index in [0.29, 0.717) is 13.1 Å². The van der Waals surface area contributed by atoms with Gasteiger partial charge < -0.3 is 25.4 Å². The lowest BCUT2D eigenvalue weighted by Crippen LogP contribution is -3.15. The van der Waals surface area contributed by atoms with Gasteiger partial charge in [-0.2, -0.15) is 0 Å². The van der Waals surface area contributed by atoms with E-state index in [9.17, 15) is 19.5 Å². The fourth-order valence-corrected chi connectivity index (χ4v) is 4.60. The van der Waals surface area contributed by atoms with Crippen molar-refractivity contribution < 1.29 is 24.4 Å². The molecule has 7 heteroatoms. The first kappa shape index (κ1) is 18.2. The number of carbonyl (C=O) groups is 3.